The maximum Gasteiger partial charge on any atom is 0.276 e. The van der Waals surface area contributed by atoms with Gasteiger partial charge in [-0.2, -0.15) is 0 Å². The average molecular weight is 350 g/mol. The van der Waals surface area contributed by atoms with Gasteiger partial charge in [0.15, 0.2) is 0 Å². The summed E-state index contributed by atoms with van der Waals surface area (Å²) in [6.07, 6.45) is 2.58. The van der Waals surface area contributed by atoms with Crippen molar-refractivity contribution in [3.63, 3.8) is 0 Å². The Morgan fingerprint density at radius 1 is 1.22 bits per heavy atom. The van der Waals surface area contributed by atoms with Crippen LogP contribution < -0.4 is 4.90 Å². The van der Waals surface area contributed by atoms with Gasteiger partial charge in [0.1, 0.15) is 5.69 Å². The van der Waals surface area contributed by atoms with Gasteiger partial charge in [-0.3, -0.25) is 9.78 Å². The number of fused-ring (bicyclic) bond motifs is 1. The van der Waals surface area contributed by atoms with Crippen LogP contribution in [0.5, 0.6) is 0 Å². The minimum Gasteiger partial charge on any atom is -0.306 e. The van der Waals surface area contributed by atoms with Crippen LogP contribution in [0, 0.1) is 3.57 Å². The molecule has 90 valence electrons. The van der Waals surface area contributed by atoms with Gasteiger partial charge >= 0.3 is 0 Å². The molecule has 1 amide bonds. The summed E-state index contributed by atoms with van der Waals surface area (Å²) < 4.78 is 1.22. The number of carbonyl (C=O) groups is 1. The van der Waals surface area contributed by atoms with E-state index in [9.17, 15) is 4.79 Å². The van der Waals surface area contributed by atoms with Crippen LogP contribution >= 0.6 is 22.6 Å². The summed E-state index contributed by atoms with van der Waals surface area (Å²) in [5, 5.41) is 0. The van der Waals surface area contributed by atoms with Crippen molar-refractivity contribution < 1.29 is 4.79 Å². The molecule has 3 rings (SSSR count). The lowest BCUT2D eigenvalue weighted by Crippen LogP contribution is -2.29. The molecular formula is C14H11IN2O. The number of anilines is 1. The molecule has 2 aromatic rings. The lowest BCUT2D eigenvalue weighted by atomic mass is 10.2. The van der Waals surface area contributed by atoms with E-state index in [4.69, 9.17) is 0 Å². The van der Waals surface area contributed by atoms with Crippen LogP contribution in [0.25, 0.3) is 0 Å². The Labute approximate surface area is 119 Å². The van der Waals surface area contributed by atoms with Crippen LogP contribution in [0.3, 0.4) is 0 Å². The van der Waals surface area contributed by atoms with Crippen molar-refractivity contribution in [2.75, 3.05) is 11.4 Å². The Morgan fingerprint density at radius 3 is 2.89 bits per heavy atom. The van der Waals surface area contributed by atoms with Gasteiger partial charge in [-0.05, 0) is 58.8 Å². The molecular weight excluding hydrogens is 339 g/mol. The fourth-order valence-corrected chi connectivity index (χ4v) is 2.98. The van der Waals surface area contributed by atoms with Gasteiger partial charge in [0.25, 0.3) is 5.91 Å². The Balaban J connectivity index is 1.98. The number of nitrogens with zero attached hydrogens (tertiary/aromatic N) is 2. The molecule has 1 aliphatic heterocycles. The number of carbonyl (C=O) groups excluding carboxylic acids is 1. The molecule has 1 aromatic carbocycles. The van der Waals surface area contributed by atoms with E-state index >= 15 is 0 Å². The molecule has 0 aliphatic carbocycles. The van der Waals surface area contributed by atoms with Gasteiger partial charge in [-0.15, -0.1) is 0 Å². The van der Waals surface area contributed by atoms with E-state index in [1.165, 1.54) is 9.13 Å². The lowest BCUT2D eigenvalue weighted by Gasteiger charge is -2.16. The standard InChI is InChI=1S/C14H11IN2O/c15-11-4-3-6-13-10(11)7-9-17(13)14(18)12-5-1-2-8-16-12/h1-6,8H,7,9H2. The molecule has 0 saturated carbocycles. The zero-order valence-electron chi connectivity index (χ0n) is 9.64. The van der Waals surface area contributed by atoms with E-state index in [1.807, 2.05) is 29.2 Å². The van der Waals surface area contributed by atoms with Gasteiger partial charge in [-0.25, -0.2) is 0 Å². The summed E-state index contributed by atoms with van der Waals surface area (Å²) in [5.74, 6) is -0.0173. The lowest BCUT2D eigenvalue weighted by molar-refractivity contribution is 0.0984. The molecule has 0 N–H and O–H groups in total. The summed E-state index contributed by atoms with van der Waals surface area (Å²) in [7, 11) is 0. The number of hydrogen-bond donors (Lipinski definition) is 0. The Morgan fingerprint density at radius 2 is 2.11 bits per heavy atom. The predicted octanol–water partition coefficient (Wildman–Crippen LogP) is 2.89. The Bertz CT molecular complexity index is 598. The van der Waals surface area contributed by atoms with Crippen LogP contribution in [0.1, 0.15) is 16.1 Å². The molecule has 1 aliphatic rings. The predicted molar refractivity (Wildman–Crippen MR) is 78.8 cm³/mol. The third-order valence-electron chi connectivity index (χ3n) is 3.10. The average Bonchev–Trinajstić information content (AvgIpc) is 2.84. The van der Waals surface area contributed by atoms with Crippen molar-refractivity contribution in [3.05, 3.63) is 57.4 Å². The first-order valence-corrected chi connectivity index (χ1v) is 6.85. The van der Waals surface area contributed by atoms with Crippen molar-refractivity contribution in [3.8, 4) is 0 Å². The fraction of sp³-hybridized carbons (Fsp3) is 0.143. The van der Waals surface area contributed by atoms with Crippen LogP contribution in [0.4, 0.5) is 5.69 Å². The molecule has 0 spiro atoms. The third kappa shape index (κ3) is 1.90. The van der Waals surface area contributed by atoms with Crippen molar-refractivity contribution in [2.24, 2.45) is 0 Å². The maximum absolute atomic E-state index is 12.4. The molecule has 4 heteroatoms. The highest BCUT2D eigenvalue weighted by molar-refractivity contribution is 14.1. The minimum absolute atomic E-state index is 0.0173. The van der Waals surface area contributed by atoms with Crippen LogP contribution in [0.15, 0.2) is 42.6 Å². The Kier molecular flexibility index (Phi) is 3.03. The molecule has 0 bridgehead atoms. The van der Waals surface area contributed by atoms with Crippen LogP contribution in [0.2, 0.25) is 0 Å². The van der Waals surface area contributed by atoms with E-state index < -0.39 is 0 Å². The highest BCUT2D eigenvalue weighted by Crippen LogP contribution is 2.32. The normalized spacial score (nSPS) is 13.5. The zero-order valence-corrected chi connectivity index (χ0v) is 11.8. The third-order valence-corrected chi connectivity index (χ3v) is 4.11. The van der Waals surface area contributed by atoms with Gasteiger partial charge in [0, 0.05) is 22.0 Å². The number of pyridine rings is 1. The molecule has 3 nitrogen and oxygen atoms in total. The molecule has 0 atom stereocenters. The zero-order chi connectivity index (χ0) is 12.5. The summed E-state index contributed by atoms with van der Waals surface area (Å²) >= 11 is 2.32. The summed E-state index contributed by atoms with van der Waals surface area (Å²) in [6.45, 7) is 0.741. The SMILES string of the molecule is O=C(c1ccccn1)N1CCc2c(I)cccc21. The van der Waals surface area contributed by atoms with E-state index in [1.54, 1.807) is 12.3 Å². The summed E-state index contributed by atoms with van der Waals surface area (Å²) in [4.78, 5) is 18.3. The van der Waals surface area contributed by atoms with E-state index in [0.717, 1.165) is 18.7 Å². The number of amides is 1. The minimum atomic E-state index is -0.0173. The van der Waals surface area contributed by atoms with Crippen molar-refractivity contribution in [1.82, 2.24) is 4.98 Å². The summed E-state index contributed by atoms with van der Waals surface area (Å²) in [5.41, 5.74) is 2.80. The van der Waals surface area contributed by atoms with Gasteiger partial charge in [0.05, 0.1) is 0 Å². The van der Waals surface area contributed by atoms with Gasteiger partial charge in [-0.1, -0.05) is 12.1 Å². The molecule has 0 saturated heterocycles. The smallest absolute Gasteiger partial charge is 0.276 e. The second kappa shape index (κ2) is 4.68. The van der Waals surface area contributed by atoms with Crippen molar-refractivity contribution in [2.45, 2.75) is 6.42 Å². The second-order valence-electron chi connectivity index (χ2n) is 4.16. The van der Waals surface area contributed by atoms with Crippen molar-refractivity contribution in [1.29, 1.82) is 0 Å². The highest BCUT2D eigenvalue weighted by atomic mass is 127. The second-order valence-corrected chi connectivity index (χ2v) is 5.32. The highest BCUT2D eigenvalue weighted by Gasteiger charge is 2.27. The van der Waals surface area contributed by atoms with E-state index in [-0.39, 0.29) is 5.91 Å². The molecule has 18 heavy (non-hydrogen) atoms. The Hall–Kier alpha value is -1.43. The first kappa shape index (κ1) is 11.6. The topological polar surface area (TPSA) is 33.2 Å². The van der Waals surface area contributed by atoms with Crippen molar-refractivity contribution >= 4 is 34.2 Å². The summed E-state index contributed by atoms with van der Waals surface area (Å²) in [6, 6.07) is 11.5. The molecule has 0 unspecified atom stereocenters. The number of benzene rings is 1. The fourth-order valence-electron chi connectivity index (χ4n) is 2.23. The van der Waals surface area contributed by atoms with Crippen LogP contribution in [-0.2, 0) is 6.42 Å². The molecule has 2 heterocycles. The van der Waals surface area contributed by atoms with E-state index in [2.05, 4.69) is 33.6 Å². The number of halogens is 1. The molecule has 1 aromatic heterocycles. The quantitative estimate of drug-likeness (QED) is 0.741. The largest absolute Gasteiger partial charge is 0.306 e. The first-order chi connectivity index (χ1) is 8.77. The molecule has 0 radical (unpaired) electrons. The first-order valence-electron chi connectivity index (χ1n) is 5.77. The van der Waals surface area contributed by atoms with Crippen LogP contribution in [-0.4, -0.2) is 17.4 Å². The number of rotatable bonds is 1. The number of aromatic nitrogens is 1. The number of hydrogen-bond acceptors (Lipinski definition) is 2. The maximum atomic E-state index is 12.4. The van der Waals surface area contributed by atoms with Gasteiger partial charge < -0.3 is 4.90 Å². The van der Waals surface area contributed by atoms with E-state index in [0.29, 0.717) is 5.69 Å². The monoisotopic (exact) mass is 350 g/mol. The molecule has 0 fully saturated rings. The van der Waals surface area contributed by atoms with Gasteiger partial charge in [0.2, 0.25) is 0 Å².